The summed E-state index contributed by atoms with van der Waals surface area (Å²) in [6, 6.07) is 6.61. The Bertz CT molecular complexity index is 512. The third-order valence-corrected chi connectivity index (χ3v) is 4.40. The van der Waals surface area contributed by atoms with E-state index < -0.39 is 9.84 Å². The molecule has 5 nitrogen and oxygen atoms in total. The highest BCUT2D eigenvalue weighted by Gasteiger charge is 2.23. The zero-order valence-corrected chi connectivity index (χ0v) is 11.7. The van der Waals surface area contributed by atoms with Gasteiger partial charge in [0.1, 0.15) is 5.75 Å². The minimum absolute atomic E-state index is 0.152. The second-order valence-electron chi connectivity index (χ2n) is 4.94. The third-order valence-electron chi connectivity index (χ3n) is 3.27. The summed E-state index contributed by atoms with van der Waals surface area (Å²) in [4.78, 5) is 0.294. The van der Waals surface area contributed by atoms with Crippen molar-refractivity contribution in [3.05, 3.63) is 24.3 Å². The van der Waals surface area contributed by atoms with Crippen LogP contribution in [0.4, 0.5) is 0 Å². The van der Waals surface area contributed by atoms with Gasteiger partial charge in [-0.2, -0.15) is 0 Å². The Morgan fingerprint density at radius 2 is 2.05 bits per heavy atom. The maximum absolute atomic E-state index is 11.3. The quantitative estimate of drug-likeness (QED) is 0.821. The first-order valence-electron chi connectivity index (χ1n) is 6.26. The van der Waals surface area contributed by atoms with Crippen molar-refractivity contribution in [2.45, 2.75) is 17.4 Å². The number of hydrogen-bond donors (Lipinski definition) is 2. The molecule has 1 aromatic carbocycles. The van der Waals surface area contributed by atoms with Crippen LogP contribution in [0.15, 0.2) is 29.2 Å². The maximum Gasteiger partial charge on any atom is 0.175 e. The molecule has 1 fully saturated rings. The van der Waals surface area contributed by atoms with Gasteiger partial charge in [0.15, 0.2) is 9.84 Å². The van der Waals surface area contributed by atoms with E-state index in [9.17, 15) is 8.42 Å². The minimum atomic E-state index is -3.15. The molecule has 1 saturated heterocycles. The molecule has 0 aromatic heterocycles. The van der Waals surface area contributed by atoms with Gasteiger partial charge in [-0.15, -0.1) is 0 Å². The van der Waals surface area contributed by atoms with Crippen LogP contribution in [0, 0.1) is 5.92 Å². The molecule has 0 radical (unpaired) electrons. The van der Waals surface area contributed by atoms with E-state index in [4.69, 9.17) is 9.84 Å². The molecule has 0 saturated carbocycles. The minimum Gasteiger partial charge on any atom is -0.493 e. The van der Waals surface area contributed by atoms with Crippen molar-refractivity contribution in [2.75, 3.05) is 26.0 Å². The Balaban J connectivity index is 1.87. The molecule has 1 aliphatic rings. The molecule has 6 heteroatoms. The van der Waals surface area contributed by atoms with Crippen LogP contribution < -0.4 is 10.1 Å². The molecule has 19 heavy (non-hydrogen) atoms. The van der Waals surface area contributed by atoms with Crippen LogP contribution in [0.3, 0.4) is 0 Å². The van der Waals surface area contributed by atoms with Crippen LogP contribution in [0.25, 0.3) is 0 Å². The van der Waals surface area contributed by atoms with Crippen molar-refractivity contribution in [2.24, 2.45) is 5.92 Å². The standard InChI is InChI=1S/C13H19NO4S/c1-19(16,17)13-4-2-12(3-5-13)18-9-10-6-11(8-15)14-7-10/h2-5,10-11,14-15H,6-9H2,1H3/t10?,11-/m0/s1. The van der Waals surface area contributed by atoms with Crippen molar-refractivity contribution < 1.29 is 18.3 Å². The smallest absolute Gasteiger partial charge is 0.175 e. The lowest BCUT2D eigenvalue weighted by molar-refractivity contribution is 0.236. The van der Waals surface area contributed by atoms with Gasteiger partial charge in [0.05, 0.1) is 18.1 Å². The molecule has 106 valence electrons. The first-order chi connectivity index (χ1) is 8.99. The predicted octanol–water partition coefficient (Wildman–Crippen LogP) is 0.439. The monoisotopic (exact) mass is 285 g/mol. The molecule has 0 amide bonds. The third kappa shape index (κ3) is 3.92. The Morgan fingerprint density at radius 3 is 2.58 bits per heavy atom. The highest BCUT2D eigenvalue weighted by Crippen LogP contribution is 2.19. The molecule has 1 aromatic rings. The van der Waals surface area contributed by atoms with Gasteiger partial charge in [-0.1, -0.05) is 0 Å². The first-order valence-corrected chi connectivity index (χ1v) is 8.15. The Labute approximate surface area is 113 Å². The van der Waals surface area contributed by atoms with Gasteiger partial charge in [0.25, 0.3) is 0 Å². The number of rotatable bonds is 5. The first kappa shape index (κ1) is 14.3. The number of hydrogen-bond acceptors (Lipinski definition) is 5. The largest absolute Gasteiger partial charge is 0.493 e. The SMILES string of the molecule is CS(=O)(=O)c1ccc(OCC2CN[C@H](CO)C2)cc1. The summed E-state index contributed by atoms with van der Waals surface area (Å²) < 4.78 is 28.2. The number of benzene rings is 1. The number of sulfone groups is 1. The maximum atomic E-state index is 11.3. The second-order valence-corrected chi connectivity index (χ2v) is 6.96. The molecule has 2 rings (SSSR count). The number of ether oxygens (including phenoxy) is 1. The van der Waals surface area contributed by atoms with Gasteiger partial charge >= 0.3 is 0 Å². The zero-order chi connectivity index (χ0) is 13.9. The van der Waals surface area contributed by atoms with E-state index in [1.807, 2.05) is 0 Å². The Hall–Kier alpha value is -1.11. The van der Waals surface area contributed by atoms with Crippen LogP contribution in [0.1, 0.15) is 6.42 Å². The summed E-state index contributed by atoms with van der Waals surface area (Å²) in [6.45, 7) is 1.56. The van der Waals surface area contributed by atoms with Crippen molar-refractivity contribution in [1.29, 1.82) is 0 Å². The highest BCUT2D eigenvalue weighted by atomic mass is 32.2. The van der Waals surface area contributed by atoms with E-state index in [0.717, 1.165) is 13.0 Å². The average molecular weight is 285 g/mol. The molecule has 0 bridgehead atoms. The Morgan fingerprint density at radius 1 is 1.37 bits per heavy atom. The fraction of sp³-hybridized carbons (Fsp3) is 0.538. The molecule has 1 heterocycles. The Kier molecular flexibility index (Phi) is 4.44. The number of aliphatic hydroxyl groups excluding tert-OH is 1. The van der Waals surface area contributed by atoms with Crippen LogP contribution in [-0.2, 0) is 9.84 Å². The van der Waals surface area contributed by atoms with Crippen LogP contribution in [0.5, 0.6) is 5.75 Å². The summed E-state index contributed by atoms with van der Waals surface area (Å²) in [5.41, 5.74) is 0. The van der Waals surface area contributed by atoms with E-state index in [1.165, 1.54) is 6.26 Å². The van der Waals surface area contributed by atoms with Gasteiger partial charge in [0.2, 0.25) is 0 Å². The molecular weight excluding hydrogens is 266 g/mol. The van der Waals surface area contributed by atoms with E-state index in [0.29, 0.717) is 23.2 Å². The van der Waals surface area contributed by atoms with Crippen molar-refractivity contribution >= 4 is 9.84 Å². The van der Waals surface area contributed by atoms with Crippen molar-refractivity contribution in [3.63, 3.8) is 0 Å². The van der Waals surface area contributed by atoms with E-state index in [1.54, 1.807) is 24.3 Å². The van der Waals surface area contributed by atoms with Gasteiger partial charge in [-0.3, -0.25) is 0 Å². The van der Waals surface area contributed by atoms with E-state index in [2.05, 4.69) is 5.32 Å². The van der Waals surface area contributed by atoms with Crippen LogP contribution in [0.2, 0.25) is 0 Å². The van der Waals surface area contributed by atoms with Gasteiger partial charge in [-0.25, -0.2) is 8.42 Å². The van der Waals surface area contributed by atoms with Gasteiger partial charge in [0, 0.05) is 24.8 Å². The van der Waals surface area contributed by atoms with Gasteiger partial charge in [-0.05, 0) is 30.7 Å². The summed E-state index contributed by atoms with van der Waals surface area (Å²) in [7, 11) is -3.15. The molecule has 0 aliphatic carbocycles. The van der Waals surface area contributed by atoms with E-state index >= 15 is 0 Å². The lowest BCUT2D eigenvalue weighted by Gasteiger charge is -2.11. The summed E-state index contributed by atoms with van der Waals surface area (Å²) in [6.07, 6.45) is 2.08. The zero-order valence-electron chi connectivity index (χ0n) is 10.9. The molecular formula is C13H19NO4S. The fourth-order valence-electron chi connectivity index (χ4n) is 2.17. The van der Waals surface area contributed by atoms with Crippen molar-refractivity contribution in [3.8, 4) is 5.75 Å². The number of aliphatic hydroxyl groups is 1. The van der Waals surface area contributed by atoms with Gasteiger partial charge < -0.3 is 15.2 Å². The molecule has 2 atom stereocenters. The highest BCUT2D eigenvalue weighted by molar-refractivity contribution is 7.90. The summed E-state index contributed by atoms with van der Waals surface area (Å²) in [5, 5.41) is 12.2. The predicted molar refractivity (Wildman–Crippen MR) is 72.0 cm³/mol. The fourth-order valence-corrected chi connectivity index (χ4v) is 2.80. The van der Waals surface area contributed by atoms with Crippen LogP contribution >= 0.6 is 0 Å². The summed E-state index contributed by atoms with van der Waals surface area (Å²) >= 11 is 0. The molecule has 1 unspecified atom stereocenters. The lowest BCUT2D eigenvalue weighted by atomic mass is 10.1. The molecule has 0 spiro atoms. The van der Waals surface area contributed by atoms with E-state index in [-0.39, 0.29) is 12.6 Å². The average Bonchev–Trinajstić information content (AvgIpc) is 2.84. The normalized spacial score (nSPS) is 23.5. The molecule has 2 N–H and O–H groups in total. The second kappa shape index (κ2) is 5.90. The van der Waals surface area contributed by atoms with Crippen LogP contribution in [-0.4, -0.2) is 45.6 Å². The lowest BCUT2D eigenvalue weighted by Crippen LogP contribution is -2.24. The molecule has 1 aliphatic heterocycles. The summed E-state index contributed by atoms with van der Waals surface area (Å²) in [5.74, 6) is 1.05. The topological polar surface area (TPSA) is 75.6 Å². The van der Waals surface area contributed by atoms with Crippen molar-refractivity contribution in [1.82, 2.24) is 5.32 Å². The number of nitrogens with one attached hydrogen (secondary N) is 1.